The SMILES string of the molecule is Cc1cccc(NC(=O)c2n[nH]c(C3CC3)c2N)c1. The van der Waals surface area contributed by atoms with Crippen molar-refractivity contribution in [2.75, 3.05) is 11.1 Å². The number of benzene rings is 1. The molecule has 19 heavy (non-hydrogen) atoms. The van der Waals surface area contributed by atoms with Gasteiger partial charge >= 0.3 is 0 Å². The zero-order chi connectivity index (χ0) is 13.4. The number of hydrogen-bond acceptors (Lipinski definition) is 3. The lowest BCUT2D eigenvalue weighted by Crippen LogP contribution is -2.14. The average molecular weight is 256 g/mol. The summed E-state index contributed by atoms with van der Waals surface area (Å²) in [6, 6.07) is 7.62. The Morgan fingerprint density at radius 3 is 2.95 bits per heavy atom. The first-order valence-electron chi connectivity index (χ1n) is 6.37. The van der Waals surface area contributed by atoms with Crippen LogP contribution >= 0.6 is 0 Å². The van der Waals surface area contributed by atoms with Gasteiger partial charge in [-0.15, -0.1) is 0 Å². The monoisotopic (exact) mass is 256 g/mol. The molecular weight excluding hydrogens is 240 g/mol. The van der Waals surface area contributed by atoms with E-state index in [1.165, 1.54) is 0 Å². The normalized spacial score (nSPS) is 14.4. The van der Waals surface area contributed by atoms with Crippen LogP contribution in [0.2, 0.25) is 0 Å². The van der Waals surface area contributed by atoms with Gasteiger partial charge in [-0.3, -0.25) is 9.89 Å². The van der Waals surface area contributed by atoms with Gasteiger partial charge in [0.1, 0.15) is 0 Å². The van der Waals surface area contributed by atoms with Gasteiger partial charge in [0.25, 0.3) is 5.91 Å². The third-order valence-corrected chi connectivity index (χ3v) is 3.31. The number of amides is 1. The highest BCUT2D eigenvalue weighted by atomic mass is 16.2. The summed E-state index contributed by atoms with van der Waals surface area (Å²) in [5.74, 6) is 0.180. The van der Waals surface area contributed by atoms with Crippen LogP contribution in [0, 0.1) is 6.92 Å². The predicted molar refractivity (Wildman–Crippen MR) is 74.1 cm³/mol. The van der Waals surface area contributed by atoms with Gasteiger partial charge in [-0.05, 0) is 37.5 Å². The van der Waals surface area contributed by atoms with Crippen molar-refractivity contribution in [3.8, 4) is 0 Å². The van der Waals surface area contributed by atoms with E-state index in [1.807, 2.05) is 31.2 Å². The number of H-pyrrole nitrogens is 1. The molecule has 1 amide bonds. The molecule has 0 radical (unpaired) electrons. The van der Waals surface area contributed by atoms with E-state index in [1.54, 1.807) is 0 Å². The van der Waals surface area contributed by atoms with Crippen molar-refractivity contribution < 1.29 is 4.79 Å². The zero-order valence-corrected chi connectivity index (χ0v) is 10.7. The Kier molecular flexibility index (Phi) is 2.74. The summed E-state index contributed by atoms with van der Waals surface area (Å²) in [4.78, 5) is 12.1. The van der Waals surface area contributed by atoms with Crippen molar-refractivity contribution in [1.29, 1.82) is 0 Å². The van der Waals surface area contributed by atoms with Crippen molar-refractivity contribution >= 4 is 17.3 Å². The molecule has 1 aromatic heterocycles. The highest BCUT2D eigenvalue weighted by Crippen LogP contribution is 2.42. The number of anilines is 2. The first-order valence-corrected chi connectivity index (χ1v) is 6.37. The summed E-state index contributed by atoms with van der Waals surface area (Å²) < 4.78 is 0. The minimum absolute atomic E-state index is 0.272. The Labute approximate surface area is 111 Å². The van der Waals surface area contributed by atoms with Gasteiger partial charge in [-0.25, -0.2) is 0 Å². The lowest BCUT2D eigenvalue weighted by atomic mass is 10.2. The molecule has 1 aliphatic carbocycles. The molecule has 0 spiro atoms. The molecule has 0 unspecified atom stereocenters. The lowest BCUT2D eigenvalue weighted by molar-refractivity contribution is 0.102. The van der Waals surface area contributed by atoms with E-state index in [9.17, 15) is 4.79 Å². The Morgan fingerprint density at radius 1 is 1.47 bits per heavy atom. The average Bonchev–Trinajstić information content (AvgIpc) is 3.13. The van der Waals surface area contributed by atoms with Crippen LogP contribution in [-0.4, -0.2) is 16.1 Å². The number of nitrogens with zero attached hydrogens (tertiary/aromatic N) is 1. The maximum absolute atomic E-state index is 12.1. The molecule has 2 aromatic rings. The van der Waals surface area contributed by atoms with Gasteiger partial charge in [-0.2, -0.15) is 5.10 Å². The van der Waals surface area contributed by atoms with Crippen LogP contribution in [0.4, 0.5) is 11.4 Å². The second-order valence-electron chi connectivity index (χ2n) is 5.00. The topological polar surface area (TPSA) is 83.8 Å². The quantitative estimate of drug-likeness (QED) is 0.788. The minimum Gasteiger partial charge on any atom is -0.395 e. The zero-order valence-electron chi connectivity index (χ0n) is 10.7. The maximum atomic E-state index is 12.1. The lowest BCUT2D eigenvalue weighted by Gasteiger charge is -2.04. The van der Waals surface area contributed by atoms with Gasteiger partial charge in [0.2, 0.25) is 0 Å². The molecule has 0 atom stereocenters. The molecule has 1 heterocycles. The maximum Gasteiger partial charge on any atom is 0.278 e. The molecule has 0 aliphatic heterocycles. The van der Waals surface area contributed by atoms with Crippen LogP contribution in [0.3, 0.4) is 0 Å². The highest BCUT2D eigenvalue weighted by Gasteiger charge is 2.30. The molecule has 4 N–H and O–H groups in total. The summed E-state index contributed by atoms with van der Waals surface area (Å²) in [7, 11) is 0. The van der Waals surface area contributed by atoms with Crippen molar-refractivity contribution in [3.63, 3.8) is 0 Å². The Bertz CT molecular complexity index is 628. The number of aryl methyl sites for hydroxylation is 1. The smallest absolute Gasteiger partial charge is 0.278 e. The summed E-state index contributed by atoms with van der Waals surface area (Å²) in [6.07, 6.45) is 2.23. The molecule has 98 valence electrons. The first-order chi connectivity index (χ1) is 9.15. The van der Waals surface area contributed by atoms with Gasteiger partial charge < -0.3 is 11.1 Å². The van der Waals surface area contributed by atoms with E-state index in [4.69, 9.17) is 5.73 Å². The number of carbonyl (C=O) groups excluding carboxylic acids is 1. The second-order valence-corrected chi connectivity index (χ2v) is 5.00. The summed E-state index contributed by atoms with van der Waals surface area (Å²) in [5.41, 5.74) is 9.47. The molecule has 0 bridgehead atoms. The van der Waals surface area contributed by atoms with E-state index in [0.717, 1.165) is 29.8 Å². The van der Waals surface area contributed by atoms with Gasteiger partial charge in [0, 0.05) is 11.6 Å². The molecule has 1 fully saturated rings. The summed E-state index contributed by atoms with van der Waals surface area (Å²) in [5, 5.41) is 9.72. The second kappa shape index (κ2) is 4.42. The Balaban J connectivity index is 1.80. The van der Waals surface area contributed by atoms with E-state index < -0.39 is 0 Å². The van der Waals surface area contributed by atoms with Crippen LogP contribution in [-0.2, 0) is 0 Å². The van der Waals surface area contributed by atoms with Crippen molar-refractivity contribution in [1.82, 2.24) is 10.2 Å². The number of aromatic amines is 1. The van der Waals surface area contributed by atoms with E-state index in [0.29, 0.717) is 11.6 Å². The first kappa shape index (κ1) is 11.8. The van der Waals surface area contributed by atoms with Gasteiger partial charge in [-0.1, -0.05) is 12.1 Å². The molecular formula is C14H16N4O. The standard InChI is InChI=1S/C14H16N4O/c1-8-3-2-4-10(7-8)16-14(19)13-11(15)12(17-18-13)9-5-6-9/h2-4,7,9H,5-6,15H2,1H3,(H,16,19)(H,17,18). The summed E-state index contributed by atoms with van der Waals surface area (Å²) in [6.45, 7) is 1.98. The largest absolute Gasteiger partial charge is 0.395 e. The molecule has 1 aliphatic rings. The van der Waals surface area contributed by atoms with Crippen LogP contribution < -0.4 is 11.1 Å². The molecule has 1 saturated carbocycles. The molecule has 5 heteroatoms. The fraction of sp³-hybridized carbons (Fsp3) is 0.286. The number of nitrogens with two attached hydrogens (primary N) is 1. The molecule has 5 nitrogen and oxygen atoms in total. The molecule has 3 rings (SSSR count). The Hall–Kier alpha value is -2.30. The van der Waals surface area contributed by atoms with Crippen LogP contribution in [0.15, 0.2) is 24.3 Å². The van der Waals surface area contributed by atoms with Crippen LogP contribution in [0.25, 0.3) is 0 Å². The number of rotatable bonds is 3. The van der Waals surface area contributed by atoms with Gasteiger partial charge in [0.05, 0.1) is 11.4 Å². The number of nitrogen functional groups attached to an aromatic ring is 1. The fourth-order valence-electron chi connectivity index (χ4n) is 2.13. The third-order valence-electron chi connectivity index (χ3n) is 3.31. The summed E-state index contributed by atoms with van der Waals surface area (Å²) >= 11 is 0. The van der Waals surface area contributed by atoms with Crippen LogP contribution in [0.5, 0.6) is 0 Å². The highest BCUT2D eigenvalue weighted by molar-refractivity contribution is 6.06. The number of carbonyl (C=O) groups is 1. The number of hydrogen-bond donors (Lipinski definition) is 3. The Morgan fingerprint density at radius 2 is 2.26 bits per heavy atom. The van der Waals surface area contributed by atoms with E-state index in [-0.39, 0.29) is 11.6 Å². The molecule has 1 aromatic carbocycles. The van der Waals surface area contributed by atoms with E-state index in [2.05, 4.69) is 15.5 Å². The van der Waals surface area contributed by atoms with Crippen molar-refractivity contribution in [2.45, 2.75) is 25.7 Å². The van der Waals surface area contributed by atoms with Crippen molar-refractivity contribution in [3.05, 3.63) is 41.2 Å². The van der Waals surface area contributed by atoms with E-state index >= 15 is 0 Å². The van der Waals surface area contributed by atoms with Crippen molar-refractivity contribution in [2.24, 2.45) is 0 Å². The van der Waals surface area contributed by atoms with Crippen LogP contribution in [0.1, 0.15) is 40.5 Å². The number of aromatic nitrogens is 2. The minimum atomic E-state index is -0.272. The fourth-order valence-corrected chi connectivity index (χ4v) is 2.13. The predicted octanol–water partition coefficient (Wildman–Crippen LogP) is 2.43. The third kappa shape index (κ3) is 2.31. The van der Waals surface area contributed by atoms with Gasteiger partial charge in [0.15, 0.2) is 5.69 Å². The molecule has 0 saturated heterocycles. The number of nitrogens with one attached hydrogen (secondary N) is 2.